The van der Waals surface area contributed by atoms with Gasteiger partial charge in [-0.3, -0.25) is 0 Å². The molecule has 1 aromatic rings. The highest BCUT2D eigenvalue weighted by Gasteiger charge is 2.04. The first kappa shape index (κ1) is 17.3. The van der Waals surface area contributed by atoms with Crippen LogP contribution in [0, 0.1) is 0 Å². The van der Waals surface area contributed by atoms with Crippen molar-refractivity contribution in [3.63, 3.8) is 0 Å². The average molecular weight is 297 g/mol. The molecule has 0 spiro atoms. The first-order valence-corrected chi connectivity index (χ1v) is 6.86. The molecule has 0 atom stereocenters. The third-order valence-electron chi connectivity index (χ3n) is 2.73. The Kier molecular flexibility index (Phi) is 8.23. The third-order valence-corrected chi connectivity index (χ3v) is 2.73. The summed E-state index contributed by atoms with van der Waals surface area (Å²) in [6.07, 6.45) is 0. The van der Waals surface area contributed by atoms with E-state index in [1.54, 1.807) is 21.1 Å². The second-order valence-corrected chi connectivity index (χ2v) is 4.22. The van der Waals surface area contributed by atoms with Crippen LogP contribution in [0.1, 0.15) is 12.5 Å². The maximum atomic E-state index is 11.0. The minimum Gasteiger partial charge on any atom is -0.493 e. The highest BCUT2D eigenvalue weighted by Crippen LogP contribution is 2.27. The predicted octanol–water partition coefficient (Wildman–Crippen LogP) is 1.37. The molecule has 0 aliphatic heterocycles. The van der Waals surface area contributed by atoms with Crippen LogP contribution in [0.3, 0.4) is 0 Å². The number of ether oxygens (including phenoxy) is 4. The zero-order valence-electron chi connectivity index (χ0n) is 12.8. The molecule has 0 aromatic heterocycles. The van der Waals surface area contributed by atoms with Crippen LogP contribution in [0.4, 0.5) is 0 Å². The van der Waals surface area contributed by atoms with Crippen LogP contribution >= 0.6 is 0 Å². The van der Waals surface area contributed by atoms with Crippen LogP contribution in [0.15, 0.2) is 18.2 Å². The first-order valence-electron chi connectivity index (χ1n) is 6.86. The number of nitrogens with one attached hydrogen (secondary N) is 1. The fourth-order valence-electron chi connectivity index (χ4n) is 1.73. The van der Waals surface area contributed by atoms with Crippen LogP contribution in [0.5, 0.6) is 11.5 Å². The maximum absolute atomic E-state index is 11.0. The molecule has 118 valence electrons. The molecule has 0 amide bonds. The molecule has 0 unspecified atom stereocenters. The van der Waals surface area contributed by atoms with Crippen molar-refractivity contribution >= 4 is 5.97 Å². The summed E-state index contributed by atoms with van der Waals surface area (Å²) in [6, 6.07) is 5.76. The fourth-order valence-corrected chi connectivity index (χ4v) is 1.73. The van der Waals surface area contributed by atoms with Crippen molar-refractivity contribution in [1.82, 2.24) is 5.32 Å². The lowest BCUT2D eigenvalue weighted by atomic mass is 10.2. The number of rotatable bonds is 10. The van der Waals surface area contributed by atoms with Gasteiger partial charge in [0.05, 0.1) is 27.4 Å². The molecule has 0 radical (unpaired) electrons. The summed E-state index contributed by atoms with van der Waals surface area (Å²) in [5.41, 5.74) is 1.08. The lowest BCUT2D eigenvalue weighted by molar-refractivity contribution is -0.148. The lowest BCUT2D eigenvalue weighted by Gasteiger charge is -2.10. The molecule has 0 aliphatic rings. The standard InChI is InChI=1S/C15H23NO5/c1-4-21-15(17)11-20-8-7-16-10-12-5-6-13(18-2)14(9-12)19-3/h5-6,9,16H,4,7-8,10-11H2,1-3H3. The molecule has 1 N–H and O–H groups in total. The Bertz CT molecular complexity index is 436. The van der Waals surface area contributed by atoms with E-state index in [2.05, 4.69) is 5.32 Å². The Morgan fingerprint density at radius 3 is 2.62 bits per heavy atom. The highest BCUT2D eigenvalue weighted by molar-refractivity contribution is 5.70. The van der Waals surface area contributed by atoms with Crippen molar-refractivity contribution in [3.8, 4) is 11.5 Å². The summed E-state index contributed by atoms with van der Waals surface area (Å²) in [5, 5.41) is 3.22. The van der Waals surface area contributed by atoms with Gasteiger partial charge >= 0.3 is 5.97 Å². The number of carbonyl (C=O) groups is 1. The number of esters is 1. The molecule has 6 heteroatoms. The van der Waals surface area contributed by atoms with Crippen molar-refractivity contribution in [1.29, 1.82) is 0 Å². The SMILES string of the molecule is CCOC(=O)COCCNCc1ccc(OC)c(OC)c1. The quantitative estimate of drug-likeness (QED) is 0.520. The van der Waals surface area contributed by atoms with Crippen molar-refractivity contribution < 1.29 is 23.7 Å². The Labute approximate surface area is 125 Å². The van der Waals surface area contributed by atoms with Gasteiger partial charge in [0.1, 0.15) is 6.61 Å². The van der Waals surface area contributed by atoms with Crippen LogP contribution in [0.25, 0.3) is 0 Å². The Balaban J connectivity index is 2.22. The largest absolute Gasteiger partial charge is 0.493 e. The van der Waals surface area contributed by atoms with E-state index < -0.39 is 0 Å². The van der Waals surface area contributed by atoms with Gasteiger partial charge in [-0.25, -0.2) is 4.79 Å². The summed E-state index contributed by atoms with van der Waals surface area (Å²) in [7, 11) is 3.22. The number of hydrogen-bond donors (Lipinski definition) is 1. The van der Waals surface area contributed by atoms with Crippen molar-refractivity contribution in [3.05, 3.63) is 23.8 Å². The monoisotopic (exact) mass is 297 g/mol. The Morgan fingerprint density at radius 1 is 1.19 bits per heavy atom. The summed E-state index contributed by atoms with van der Waals surface area (Å²) >= 11 is 0. The van der Waals surface area contributed by atoms with E-state index in [-0.39, 0.29) is 12.6 Å². The molecule has 21 heavy (non-hydrogen) atoms. The highest BCUT2D eigenvalue weighted by atomic mass is 16.6. The Morgan fingerprint density at radius 2 is 1.95 bits per heavy atom. The molecular formula is C15H23NO5. The maximum Gasteiger partial charge on any atom is 0.332 e. The Hall–Kier alpha value is -1.79. The molecule has 6 nitrogen and oxygen atoms in total. The lowest BCUT2D eigenvalue weighted by Crippen LogP contribution is -2.21. The van der Waals surface area contributed by atoms with Gasteiger partial charge in [0.2, 0.25) is 0 Å². The summed E-state index contributed by atoms with van der Waals surface area (Å²) in [6.45, 7) is 3.91. The second-order valence-electron chi connectivity index (χ2n) is 4.22. The van der Waals surface area contributed by atoms with Crippen molar-refractivity contribution in [2.75, 3.05) is 40.6 Å². The molecule has 1 aromatic carbocycles. The predicted molar refractivity (Wildman–Crippen MR) is 78.7 cm³/mol. The molecule has 0 bridgehead atoms. The van der Waals surface area contributed by atoms with E-state index in [9.17, 15) is 4.79 Å². The van der Waals surface area contributed by atoms with Gasteiger partial charge in [0.15, 0.2) is 11.5 Å². The molecule has 0 saturated carbocycles. The summed E-state index contributed by atoms with van der Waals surface area (Å²) in [5.74, 6) is 1.08. The summed E-state index contributed by atoms with van der Waals surface area (Å²) in [4.78, 5) is 11.0. The molecule has 1 rings (SSSR count). The van der Waals surface area contributed by atoms with E-state index in [0.29, 0.717) is 37.8 Å². The zero-order chi connectivity index (χ0) is 15.5. The summed E-state index contributed by atoms with van der Waals surface area (Å²) < 4.78 is 20.4. The molecule has 0 aliphatic carbocycles. The minimum atomic E-state index is -0.336. The fraction of sp³-hybridized carbons (Fsp3) is 0.533. The van der Waals surface area contributed by atoms with Gasteiger partial charge in [-0.1, -0.05) is 6.07 Å². The van der Waals surface area contributed by atoms with E-state index in [1.807, 2.05) is 18.2 Å². The number of carbonyl (C=O) groups excluding carboxylic acids is 1. The van der Waals surface area contributed by atoms with E-state index in [1.165, 1.54) is 0 Å². The van der Waals surface area contributed by atoms with Crippen molar-refractivity contribution in [2.24, 2.45) is 0 Å². The third kappa shape index (κ3) is 6.46. The van der Waals surface area contributed by atoms with Crippen LogP contribution in [0.2, 0.25) is 0 Å². The van der Waals surface area contributed by atoms with E-state index in [4.69, 9.17) is 18.9 Å². The first-order chi connectivity index (χ1) is 10.2. The zero-order valence-corrected chi connectivity index (χ0v) is 12.8. The van der Waals surface area contributed by atoms with Gasteiger partial charge < -0.3 is 24.3 Å². The van der Waals surface area contributed by atoms with Gasteiger partial charge in [0, 0.05) is 13.1 Å². The van der Waals surface area contributed by atoms with Crippen LogP contribution in [-0.2, 0) is 20.8 Å². The van der Waals surface area contributed by atoms with Gasteiger partial charge in [0.25, 0.3) is 0 Å². The van der Waals surface area contributed by atoms with Gasteiger partial charge in [-0.15, -0.1) is 0 Å². The number of benzene rings is 1. The molecule has 0 fully saturated rings. The van der Waals surface area contributed by atoms with Gasteiger partial charge in [-0.05, 0) is 24.6 Å². The molecule has 0 heterocycles. The van der Waals surface area contributed by atoms with Crippen molar-refractivity contribution in [2.45, 2.75) is 13.5 Å². The van der Waals surface area contributed by atoms with Gasteiger partial charge in [-0.2, -0.15) is 0 Å². The topological polar surface area (TPSA) is 66.0 Å². The normalized spacial score (nSPS) is 10.2. The number of methoxy groups -OCH3 is 2. The van der Waals surface area contributed by atoms with Crippen LogP contribution in [-0.4, -0.2) is 46.6 Å². The van der Waals surface area contributed by atoms with Crippen LogP contribution < -0.4 is 14.8 Å². The van der Waals surface area contributed by atoms with E-state index in [0.717, 1.165) is 5.56 Å². The van der Waals surface area contributed by atoms with E-state index >= 15 is 0 Å². The molecule has 0 saturated heterocycles. The second kappa shape index (κ2) is 10.0. The molecular weight excluding hydrogens is 274 g/mol. The average Bonchev–Trinajstić information content (AvgIpc) is 2.50. The minimum absolute atomic E-state index is 0.00806. The number of hydrogen-bond acceptors (Lipinski definition) is 6. The smallest absolute Gasteiger partial charge is 0.332 e.